The Kier molecular flexibility index (Phi) is 4.47. The highest BCUT2D eigenvalue weighted by molar-refractivity contribution is 5.95. The van der Waals surface area contributed by atoms with E-state index in [1.54, 1.807) is 7.11 Å². The van der Waals surface area contributed by atoms with Crippen LogP contribution in [0.2, 0.25) is 0 Å². The predicted octanol–water partition coefficient (Wildman–Crippen LogP) is 2.49. The molecule has 4 nitrogen and oxygen atoms in total. The topological polar surface area (TPSA) is 32.8 Å². The van der Waals surface area contributed by atoms with Gasteiger partial charge in [0.25, 0.3) is 5.91 Å². The second kappa shape index (κ2) is 6.25. The summed E-state index contributed by atoms with van der Waals surface area (Å²) >= 11 is 0. The lowest BCUT2D eigenvalue weighted by Gasteiger charge is -2.58. The number of likely N-dealkylation sites (N-methyl/N-ethyl adjacent to an activating group) is 1. The molecule has 0 saturated carbocycles. The molecule has 1 amide bonds. The highest BCUT2D eigenvalue weighted by Gasteiger charge is 2.50. The summed E-state index contributed by atoms with van der Waals surface area (Å²) in [6, 6.07) is 6.01. The van der Waals surface area contributed by atoms with Gasteiger partial charge in [0.2, 0.25) is 0 Å². The molecule has 0 bridgehead atoms. The van der Waals surface area contributed by atoms with Crippen LogP contribution in [0.15, 0.2) is 18.2 Å². The van der Waals surface area contributed by atoms with Crippen molar-refractivity contribution < 1.29 is 9.53 Å². The Balaban J connectivity index is 1.67. The molecule has 1 unspecified atom stereocenters. The number of carbonyl (C=O) groups excluding carboxylic acids is 1. The Morgan fingerprint density at radius 1 is 1.30 bits per heavy atom. The normalized spacial score (nSPS) is 23.8. The number of amides is 1. The van der Waals surface area contributed by atoms with Crippen molar-refractivity contribution in [3.8, 4) is 0 Å². The lowest BCUT2D eigenvalue weighted by molar-refractivity contribution is -0.0731. The van der Waals surface area contributed by atoms with Crippen LogP contribution in [0.3, 0.4) is 0 Å². The van der Waals surface area contributed by atoms with Crippen molar-refractivity contribution in [2.24, 2.45) is 5.92 Å². The minimum absolute atomic E-state index is 0.164. The van der Waals surface area contributed by atoms with Gasteiger partial charge in [-0.2, -0.15) is 0 Å². The number of nitrogens with zero attached hydrogens (tertiary/aromatic N) is 2. The third-order valence-electron chi connectivity index (χ3n) is 5.76. The van der Waals surface area contributed by atoms with E-state index in [1.165, 1.54) is 17.5 Å². The van der Waals surface area contributed by atoms with E-state index in [2.05, 4.69) is 25.8 Å². The molecule has 2 aliphatic heterocycles. The fourth-order valence-corrected chi connectivity index (χ4v) is 4.02. The number of hydrogen-bond acceptors (Lipinski definition) is 3. The molecule has 126 valence electrons. The lowest BCUT2D eigenvalue weighted by Crippen LogP contribution is -2.72. The van der Waals surface area contributed by atoms with Crippen molar-refractivity contribution >= 4 is 5.91 Å². The highest BCUT2D eigenvalue weighted by atomic mass is 16.5. The van der Waals surface area contributed by atoms with Crippen LogP contribution in [-0.2, 0) is 4.74 Å². The first kappa shape index (κ1) is 16.5. The average molecular weight is 316 g/mol. The Morgan fingerprint density at radius 3 is 2.70 bits per heavy atom. The van der Waals surface area contributed by atoms with Crippen LogP contribution in [0.25, 0.3) is 0 Å². The minimum atomic E-state index is 0.164. The second-order valence-corrected chi connectivity index (χ2v) is 7.42. The van der Waals surface area contributed by atoms with E-state index < -0.39 is 0 Å². The lowest BCUT2D eigenvalue weighted by atomic mass is 9.75. The molecule has 1 aromatic rings. The van der Waals surface area contributed by atoms with Crippen molar-refractivity contribution in [3.05, 3.63) is 34.9 Å². The molecule has 0 aromatic heterocycles. The van der Waals surface area contributed by atoms with Gasteiger partial charge in [-0.25, -0.2) is 0 Å². The SMILES string of the molecule is COCC1CCN(C)C2(C1)CN(C(=O)c1ccc(C)c(C)c1)C2. The maximum atomic E-state index is 12.7. The van der Waals surface area contributed by atoms with Gasteiger partial charge in [0.15, 0.2) is 0 Å². The fourth-order valence-electron chi connectivity index (χ4n) is 4.02. The van der Waals surface area contributed by atoms with Crippen LogP contribution < -0.4 is 0 Å². The number of piperidine rings is 1. The Labute approximate surface area is 139 Å². The van der Waals surface area contributed by atoms with Crippen molar-refractivity contribution in [3.63, 3.8) is 0 Å². The van der Waals surface area contributed by atoms with Crippen LogP contribution in [0.1, 0.15) is 34.3 Å². The zero-order chi connectivity index (χ0) is 16.6. The zero-order valence-electron chi connectivity index (χ0n) is 14.8. The quantitative estimate of drug-likeness (QED) is 0.859. The largest absolute Gasteiger partial charge is 0.384 e. The van der Waals surface area contributed by atoms with Crippen LogP contribution >= 0.6 is 0 Å². The predicted molar refractivity (Wildman–Crippen MR) is 91.8 cm³/mol. The van der Waals surface area contributed by atoms with Crippen LogP contribution in [-0.4, -0.2) is 61.6 Å². The summed E-state index contributed by atoms with van der Waals surface area (Å²) in [5.41, 5.74) is 3.39. The van der Waals surface area contributed by atoms with Crippen molar-refractivity contribution in [2.75, 3.05) is 40.4 Å². The van der Waals surface area contributed by atoms with Crippen LogP contribution in [0, 0.1) is 19.8 Å². The van der Waals surface area contributed by atoms with Gasteiger partial charge in [-0.05, 0) is 69.5 Å². The third-order valence-corrected chi connectivity index (χ3v) is 5.76. The van der Waals surface area contributed by atoms with Crippen molar-refractivity contribution in [2.45, 2.75) is 32.2 Å². The van der Waals surface area contributed by atoms with E-state index in [-0.39, 0.29) is 11.4 Å². The first-order chi connectivity index (χ1) is 10.9. The molecule has 2 saturated heterocycles. The van der Waals surface area contributed by atoms with Crippen molar-refractivity contribution in [1.29, 1.82) is 0 Å². The molecule has 2 fully saturated rings. The first-order valence-electron chi connectivity index (χ1n) is 8.52. The molecule has 1 atom stereocenters. The number of hydrogen-bond donors (Lipinski definition) is 0. The molecular formula is C19H28N2O2. The van der Waals surface area contributed by atoms with E-state index in [0.717, 1.165) is 38.2 Å². The van der Waals surface area contributed by atoms with E-state index in [0.29, 0.717) is 5.92 Å². The second-order valence-electron chi connectivity index (χ2n) is 7.42. The molecule has 1 spiro atoms. The fraction of sp³-hybridized carbons (Fsp3) is 0.632. The number of methoxy groups -OCH3 is 1. The van der Waals surface area contributed by atoms with Crippen molar-refractivity contribution in [1.82, 2.24) is 9.80 Å². The number of rotatable bonds is 3. The van der Waals surface area contributed by atoms with E-state index in [1.807, 2.05) is 23.1 Å². The van der Waals surface area contributed by atoms with E-state index >= 15 is 0 Å². The molecular weight excluding hydrogens is 288 g/mol. The first-order valence-corrected chi connectivity index (χ1v) is 8.52. The molecule has 4 heteroatoms. The maximum absolute atomic E-state index is 12.7. The molecule has 0 radical (unpaired) electrons. The van der Waals surface area contributed by atoms with Gasteiger partial charge in [0, 0.05) is 32.4 Å². The van der Waals surface area contributed by atoms with Gasteiger partial charge < -0.3 is 9.64 Å². The number of carbonyl (C=O) groups is 1. The Morgan fingerprint density at radius 2 is 2.04 bits per heavy atom. The summed E-state index contributed by atoms with van der Waals surface area (Å²) in [4.78, 5) is 17.2. The van der Waals surface area contributed by atoms with Gasteiger partial charge in [0.05, 0.1) is 5.54 Å². The molecule has 0 aliphatic carbocycles. The standard InChI is InChI=1S/C19H28N2O2/c1-14-5-6-17(9-15(14)2)18(22)21-12-19(13-21)10-16(11-23-4)7-8-20(19)3/h5-6,9,16H,7-8,10-13H2,1-4H3. The van der Waals surface area contributed by atoms with Gasteiger partial charge in [-0.1, -0.05) is 6.07 Å². The maximum Gasteiger partial charge on any atom is 0.253 e. The van der Waals surface area contributed by atoms with Gasteiger partial charge >= 0.3 is 0 Å². The summed E-state index contributed by atoms with van der Waals surface area (Å²) in [6.07, 6.45) is 2.32. The molecule has 2 aliphatic rings. The smallest absolute Gasteiger partial charge is 0.253 e. The summed E-state index contributed by atoms with van der Waals surface area (Å²) in [5.74, 6) is 0.788. The number of likely N-dealkylation sites (tertiary alicyclic amines) is 2. The monoisotopic (exact) mass is 316 g/mol. The van der Waals surface area contributed by atoms with E-state index in [4.69, 9.17) is 4.74 Å². The third kappa shape index (κ3) is 3.02. The molecule has 3 rings (SSSR count). The van der Waals surface area contributed by atoms with Gasteiger partial charge in [0.1, 0.15) is 0 Å². The summed E-state index contributed by atoms with van der Waals surface area (Å²) in [6.45, 7) is 7.76. The van der Waals surface area contributed by atoms with E-state index in [9.17, 15) is 4.79 Å². The van der Waals surface area contributed by atoms with Gasteiger partial charge in [-0.15, -0.1) is 0 Å². The number of ether oxygens (including phenoxy) is 1. The van der Waals surface area contributed by atoms with Crippen LogP contribution in [0.4, 0.5) is 0 Å². The zero-order valence-corrected chi connectivity index (χ0v) is 14.8. The van der Waals surface area contributed by atoms with Gasteiger partial charge in [-0.3, -0.25) is 9.69 Å². The highest BCUT2D eigenvalue weighted by Crippen LogP contribution is 2.38. The average Bonchev–Trinajstić information content (AvgIpc) is 2.49. The minimum Gasteiger partial charge on any atom is -0.384 e. The Bertz CT molecular complexity index is 593. The molecule has 23 heavy (non-hydrogen) atoms. The molecule has 1 aromatic carbocycles. The number of benzene rings is 1. The Hall–Kier alpha value is -1.39. The summed E-state index contributed by atoms with van der Waals surface area (Å²) in [7, 11) is 3.97. The molecule has 2 heterocycles. The molecule has 0 N–H and O–H groups in total. The number of aryl methyl sites for hydroxylation is 2. The summed E-state index contributed by atoms with van der Waals surface area (Å²) in [5, 5.41) is 0. The summed E-state index contributed by atoms with van der Waals surface area (Å²) < 4.78 is 5.35. The van der Waals surface area contributed by atoms with Crippen LogP contribution in [0.5, 0.6) is 0 Å².